The number of carbonyl (C=O) groups excluding carboxylic acids is 1. The lowest BCUT2D eigenvalue weighted by atomic mass is 9.80. The molecular weight excluding hydrogens is 324 g/mol. The van der Waals surface area contributed by atoms with E-state index in [2.05, 4.69) is 26.2 Å². The highest BCUT2D eigenvalue weighted by atomic mass is 79.9. The minimum atomic E-state index is -0.787. The molecule has 20 heavy (non-hydrogen) atoms. The van der Waals surface area contributed by atoms with E-state index in [1.165, 1.54) is 0 Å². The van der Waals surface area contributed by atoms with Crippen molar-refractivity contribution in [3.8, 4) is 0 Å². The number of fused-ring (bicyclic) bond motifs is 1. The van der Waals surface area contributed by atoms with E-state index in [9.17, 15) is 9.59 Å². The van der Waals surface area contributed by atoms with Crippen LogP contribution in [0.2, 0.25) is 0 Å². The molecule has 1 aliphatic rings. The maximum absolute atomic E-state index is 12.3. The molecule has 3 rings (SSSR count). The zero-order chi connectivity index (χ0) is 14.3. The van der Waals surface area contributed by atoms with Crippen molar-refractivity contribution < 1.29 is 14.7 Å². The Morgan fingerprint density at radius 2 is 2.10 bits per heavy atom. The highest BCUT2D eigenvalue weighted by Crippen LogP contribution is 2.30. The van der Waals surface area contributed by atoms with Crippen molar-refractivity contribution in [2.45, 2.75) is 18.9 Å². The smallest absolute Gasteiger partial charge is 0.306 e. The lowest BCUT2D eigenvalue weighted by molar-refractivity contribution is -0.145. The van der Waals surface area contributed by atoms with Crippen LogP contribution in [0, 0.1) is 5.92 Å². The van der Waals surface area contributed by atoms with Crippen LogP contribution in [0.5, 0.6) is 0 Å². The molecule has 1 amide bonds. The average molecular weight is 337 g/mol. The van der Waals surface area contributed by atoms with E-state index in [-0.39, 0.29) is 17.9 Å². The fraction of sp³-hybridized carbons (Fsp3) is 0.286. The number of halogens is 1. The number of aromatic amines is 1. The van der Waals surface area contributed by atoms with Crippen molar-refractivity contribution >= 4 is 38.7 Å². The molecule has 0 atom stereocenters. The number of benzene rings is 1. The van der Waals surface area contributed by atoms with Gasteiger partial charge in [-0.05, 0) is 25.0 Å². The average Bonchev–Trinajstić information content (AvgIpc) is 2.77. The number of carboxylic acid groups (broad SMARTS) is 1. The predicted octanol–water partition coefficient (Wildman–Crippen LogP) is 2.52. The van der Waals surface area contributed by atoms with Gasteiger partial charge in [0.05, 0.1) is 11.5 Å². The molecule has 1 fully saturated rings. The molecule has 0 radical (unpaired) electrons. The minimum absolute atomic E-state index is 0.0453. The van der Waals surface area contributed by atoms with Crippen molar-refractivity contribution in [3.05, 3.63) is 34.4 Å². The van der Waals surface area contributed by atoms with Crippen LogP contribution in [0.15, 0.2) is 28.9 Å². The molecule has 1 aromatic carbocycles. The third-order valence-corrected chi connectivity index (χ3v) is 4.38. The number of carboxylic acids is 1. The van der Waals surface area contributed by atoms with Crippen LogP contribution in [0.4, 0.5) is 0 Å². The van der Waals surface area contributed by atoms with E-state index in [4.69, 9.17) is 5.11 Å². The molecule has 0 spiro atoms. The molecule has 104 valence electrons. The molecule has 6 heteroatoms. The van der Waals surface area contributed by atoms with Crippen LogP contribution in [-0.2, 0) is 4.79 Å². The second-order valence-electron chi connectivity index (χ2n) is 5.04. The van der Waals surface area contributed by atoms with Gasteiger partial charge in [-0.3, -0.25) is 9.59 Å². The molecule has 0 aliphatic heterocycles. The summed E-state index contributed by atoms with van der Waals surface area (Å²) < 4.78 is 0.860. The molecule has 0 unspecified atom stereocenters. The summed E-state index contributed by atoms with van der Waals surface area (Å²) in [6, 6.07) is 5.64. The number of rotatable bonds is 3. The van der Waals surface area contributed by atoms with Crippen LogP contribution in [0.3, 0.4) is 0 Å². The molecule has 1 aromatic heterocycles. The lowest BCUT2D eigenvalue weighted by Gasteiger charge is -2.32. The monoisotopic (exact) mass is 336 g/mol. The zero-order valence-corrected chi connectivity index (χ0v) is 12.1. The number of hydrogen-bond acceptors (Lipinski definition) is 2. The Labute approximate surface area is 123 Å². The van der Waals surface area contributed by atoms with E-state index in [1.807, 2.05) is 18.2 Å². The van der Waals surface area contributed by atoms with Gasteiger partial charge in [0.2, 0.25) is 0 Å². The SMILES string of the molecule is O=C(NC1CC(C(=O)O)C1)c1c[nH]c2cccc(Br)c12. The molecule has 5 nitrogen and oxygen atoms in total. The van der Waals surface area contributed by atoms with Crippen molar-refractivity contribution in [1.82, 2.24) is 10.3 Å². The number of aromatic nitrogens is 1. The van der Waals surface area contributed by atoms with Gasteiger partial charge in [-0.15, -0.1) is 0 Å². The van der Waals surface area contributed by atoms with E-state index in [0.29, 0.717) is 18.4 Å². The first-order chi connectivity index (χ1) is 9.56. The van der Waals surface area contributed by atoms with Crippen molar-refractivity contribution in [2.75, 3.05) is 0 Å². The highest BCUT2D eigenvalue weighted by molar-refractivity contribution is 9.10. The summed E-state index contributed by atoms with van der Waals surface area (Å²) in [6.45, 7) is 0. The molecular formula is C14H13BrN2O3. The maximum Gasteiger partial charge on any atom is 0.306 e. The number of nitrogens with one attached hydrogen (secondary N) is 2. The van der Waals surface area contributed by atoms with Gasteiger partial charge in [0.1, 0.15) is 0 Å². The second kappa shape index (κ2) is 4.94. The predicted molar refractivity (Wildman–Crippen MR) is 77.6 cm³/mol. The van der Waals surface area contributed by atoms with Gasteiger partial charge in [0, 0.05) is 27.6 Å². The van der Waals surface area contributed by atoms with E-state index >= 15 is 0 Å². The summed E-state index contributed by atoms with van der Waals surface area (Å²) >= 11 is 3.44. The first kappa shape index (κ1) is 13.2. The normalized spacial score (nSPS) is 21.4. The third-order valence-electron chi connectivity index (χ3n) is 3.72. The van der Waals surface area contributed by atoms with Gasteiger partial charge < -0.3 is 15.4 Å². The molecule has 0 saturated heterocycles. The van der Waals surface area contributed by atoms with Gasteiger partial charge in [-0.2, -0.15) is 0 Å². The summed E-state index contributed by atoms with van der Waals surface area (Å²) in [4.78, 5) is 26.1. The molecule has 1 heterocycles. The first-order valence-electron chi connectivity index (χ1n) is 6.35. The Morgan fingerprint density at radius 3 is 2.80 bits per heavy atom. The standard InChI is InChI=1S/C14H13BrN2O3/c15-10-2-1-3-11-12(10)9(6-16-11)13(18)17-8-4-7(5-8)14(19)20/h1-3,6-8,16H,4-5H2,(H,17,18)(H,19,20). The summed E-state index contributed by atoms with van der Waals surface area (Å²) in [5, 5.41) is 12.5. The molecule has 0 bridgehead atoms. The molecule has 1 saturated carbocycles. The third kappa shape index (κ3) is 2.20. The highest BCUT2D eigenvalue weighted by Gasteiger charge is 2.35. The second-order valence-corrected chi connectivity index (χ2v) is 5.90. The number of hydrogen-bond donors (Lipinski definition) is 3. The number of H-pyrrole nitrogens is 1. The zero-order valence-electron chi connectivity index (χ0n) is 10.5. The van der Waals surface area contributed by atoms with Crippen molar-refractivity contribution in [1.29, 1.82) is 0 Å². The summed E-state index contributed by atoms with van der Waals surface area (Å²) in [5.74, 6) is -1.28. The summed E-state index contributed by atoms with van der Waals surface area (Å²) in [6.07, 6.45) is 2.69. The summed E-state index contributed by atoms with van der Waals surface area (Å²) in [5.41, 5.74) is 1.47. The van der Waals surface area contributed by atoms with Gasteiger partial charge in [0.15, 0.2) is 0 Å². The Balaban J connectivity index is 1.76. The summed E-state index contributed by atoms with van der Waals surface area (Å²) in [7, 11) is 0. The fourth-order valence-corrected chi connectivity index (χ4v) is 3.10. The Bertz CT molecular complexity index is 689. The number of carbonyl (C=O) groups is 2. The van der Waals surface area contributed by atoms with Crippen molar-refractivity contribution in [3.63, 3.8) is 0 Å². The van der Waals surface area contributed by atoms with Crippen LogP contribution in [0.1, 0.15) is 23.2 Å². The Morgan fingerprint density at radius 1 is 1.35 bits per heavy atom. The van der Waals surface area contributed by atoms with Gasteiger partial charge in [-0.25, -0.2) is 0 Å². The number of aliphatic carboxylic acids is 1. The fourth-order valence-electron chi connectivity index (χ4n) is 2.52. The largest absolute Gasteiger partial charge is 0.481 e. The van der Waals surface area contributed by atoms with Gasteiger partial charge in [0.25, 0.3) is 5.91 Å². The number of amides is 1. The quantitative estimate of drug-likeness (QED) is 0.805. The Kier molecular flexibility index (Phi) is 3.25. The van der Waals surface area contributed by atoms with Gasteiger partial charge in [-0.1, -0.05) is 22.0 Å². The molecule has 3 N–H and O–H groups in total. The van der Waals surface area contributed by atoms with E-state index in [1.54, 1.807) is 6.20 Å². The Hall–Kier alpha value is -1.82. The topological polar surface area (TPSA) is 82.2 Å². The molecule has 2 aromatic rings. The molecule has 1 aliphatic carbocycles. The lowest BCUT2D eigenvalue weighted by Crippen LogP contribution is -2.46. The van der Waals surface area contributed by atoms with E-state index < -0.39 is 5.97 Å². The van der Waals surface area contributed by atoms with Crippen LogP contribution < -0.4 is 5.32 Å². The van der Waals surface area contributed by atoms with Crippen LogP contribution in [-0.4, -0.2) is 28.0 Å². The minimum Gasteiger partial charge on any atom is -0.481 e. The van der Waals surface area contributed by atoms with Crippen LogP contribution >= 0.6 is 15.9 Å². The maximum atomic E-state index is 12.3. The van der Waals surface area contributed by atoms with E-state index in [0.717, 1.165) is 15.4 Å². The van der Waals surface area contributed by atoms with Crippen LogP contribution in [0.25, 0.3) is 10.9 Å². The van der Waals surface area contributed by atoms with Gasteiger partial charge >= 0.3 is 5.97 Å². The van der Waals surface area contributed by atoms with Crippen molar-refractivity contribution in [2.24, 2.45) is 5.92 Å². The first-order valence-corrected chi connectivity index (χ1v) is 7.15.